The predicted molar refractivity (Wildman–Crippen MR) is 137 cm³/mol. The number of aryl methyl sites for hydroxylation is 1. The highest BCUT2D eigenvalue weighted by Crippen LogP contribution is 2.31. The fourth-order valence-corrected chi connectivity index (χ4v) is 4.61. The van der Waals surface area contributed by atoms with Crippen molar-refractivity contribution in [3.05, 3.63) is 65.2 Å². The molecule has 184 valence electrons. The molecule has 2 aromatic carbocycles. The lowest BCUT2D eigenvalue weighted by Gasteiger charge is -2.32. The molecule has 5 nitrogen and oxygen atoms in total. The summed E-state index contributed by atoms with van der Waals surface area (Å²) in [5.41, 5.74) is 3.11. The van der Waals surface area contributed by atoms with E-state index in [0.29, 0.717) is 18.7 Å². The van der Waals surface area contributed by atoms with Crippen LogP contribution in [0.1, 0.15) is 76.5 Å². The highest BCUT2D eigenvalue weighted by atomic mass is 16.5. The van der Waals surface area contributed by atoms with E-state index in [9.17, 15) is 9.59 Å². The van der Waals surface area contributed by atoms with Gasteiger partial charge in [0, 0.05) is 12.6 Å². The third-order valence-corrected chi connectivity index (χ3v) is 6.61. The molecule has 0 radical (unpaired) electrons. The minimum Gasteiger partial charge on any atom is -0.483 e. The largest absolute Gasteiger partial charge is 0.483 e. The Morgan fingerprint density at radius 1 is 1.06 bits per heavy atom. The Morgan fingerprint density at radius 2 is 1.71 bits per heavy atom. The zero-order chi connectivity index (χ0) is 24.7. The Morgan fingerprint density at radius 3 is 2.32 bits per heavy atom. The molecule has 1 N–H and O–H groups in total. The number of carbonyl (C=O) groups excluding carboxylic acids is 2. The molecule has 1 aliphatic rings. The van der Waals surface area contributed by atoms with Crippen LogP contribution >= 0.6 is 0 Å². The third-order valence-electron chi connectivity index (χ3n) is 6.61. The number of amides is 2. The van der Waals surface area contributed by atoms with E-state index in [1.54, 1.807) is 4.90 Å². The van der Waals surface area contributed by atoms with Crippen molar-refractivity contribution in [3.8, 4) is 5.75 Å². The van der Waals surface area contributed by atoms with Crippen LogP contribution in [0.2, 0.25) is 0 Å². The average molecular weight is 465 g/mol. The van der Waals surface area contributed by atoms with E-state index < -0.39 is 6.04 Å². The van der Waals surface area contributed by atoms with Gasteiger partial charge in [0.2, 0.25) is 5.91 Å². The van der Waals surface area contributed by atoms with Crippen LogP contribution in [0.25, 0.3) is 0 Å². The Bertz CT molecular complexity index is 956. The van der Waals surface area contributed by atoms with E-state index in [4.69, 9.17) is 4.74 Å². The zero-order valence-corrected chi connectivity index (χ0v) is 21.4. The summed E-state index contributed by atoms with van der Waals surface area (Å²) in [7, 11) is 0. The molecule has 34 heavy (non-hydrogen) atoms. The zero-order valence-electron chi connectivity index (χ0n) is 21.4. The topological polar surface area (TPSA) is 58.6 Å². The van der Waals surface area contributed by atoms with Crippen molar-refractivity contribution in [1.29, 1.82) is 0 Å². The molecule has 2 aromatic rings. The van der Waals surface area contributed by atoms with Crippen molar-refractivity contribution < 1.29 is 14.3 Å². The smallest absolute Gasteiger partial charge is 0.261 e. The fraction of sp³-hybridized carbons (Fsp3) is 0.517. The molecule has 3 rings (SSSR count). The second kappa shape index (κ2) is 11.5. The van der Waals surface area contributed by atoms with E-state index in [0.717, 1.165) is 42.4 Å². The summed E-state index contributed by atoms with van der Waals surface area (Å²) >= 11 is 0. The highest BCUT2D eigenvalue weighted by Gasteiger charge is 2.31. The lowest BCUT2D eigenvalue weighted by Crippen LogP contribution is -2.52. The molecule has 0 aliphatic heterocycles. The van der Waals surface area contributed by atoms with Crippen molar-refractivity contribution in [2.45, 2.75) is 90.8 Å². The summed E-state index contributed by atoms with van der Waals surface area (Å²) in [5.74, 6) is 0.463. The van der Waals surface area contributed by atoms with Gasteiger partial charge in [-0.3, -0.25) is 9.59 Å². The van der Waals surface area contributed by atoms with E-state index in [-0.39, 0.29) is 29.9 Å². The second-order valence-corrected chi connectivity index (χ2v) is 10.5. The minimum absolute atomic E-state index is 0.0649. The number of para-hydroxylation sites is 1. The maximum absolute atomic E-state index is 13.5. The fourth-order valence-electron chi connectivity index (χ4n) is 4.61. The monoisotopic (exact) mass is 464 g/mol. The lowest BCUT2D eigenvalue weighted by molar-refractivity contribution is -0.143. The van der Waals surface area contributed by atoms with E-state index >= 15 is 0 Å². The van der Waals surface area contributed by atoms with E-state index in [2.05, 4.69) is 26.1 Å². The maximum atomic E-state index is 13.5. The molecule has 0 saturated heterocycles. The molecule has 0 bridgehead atoms. The Hall–Kier alpha value is -2.82. The molecule has 2 amide bonds. The molecular weight excluding hydrogens is 424 g/mol. The summed E-state index contributed by atoms with van der Waals surface area (Å²) in [6.45, 7) is 10.6. The number of nitrogens with one attached hydrogen (secondary N) is 1. The van der Waals surface area contributed by atoms with Crippen molar-refractivity contribution in [3.63, 3.8) is 0 Å². The van der Waals surface area contributed by atoms with Crippen LogP contribution in [0, 0.1) is 6.92 Å². The average Bonchev–Trinajstić information content (AvgIpc) is 3.31. The standard InChI is InChI=1S/C29H40N2O3/c1-6-25(28(33)30-23-11-7-8-12-23)31(19-22-17-15-21(2)16-18-22)27(32)20-34-26-14-10-9-13-24(26)29(3,4)5/h9-10,13-18,23,25H,6-8,11-12,19-20H2,1-5H3,(H,30,33). The SMILES string of the molecule is CCC(C(=O)NC1CCCC1)N(Cc1ccc(C)cc1)C(=O)COc1ccccc1C(C)(C)C. The summed E-state index contributed by atoms with van der Waals surface area (Å²) in [5, 5.41) is 3.19. The molecule has 1 aliphatic carbocycles. The summed E-state index contributed by atoms with van der Waals surface area (Å²) in [4.78, 5) is 28.4. The summed E-state index contributed by atoms with van der Waals surface area (Å²) < 4.78 is 6.05. The Balaban J connectivity index is 1.79. The summed E-state index contributed by atoms with van der Waals surface area (Å²) in [6, 6.07) is 15.6. The van der Waals surface area contributed by atoms with E-state index in [1.165, 1.54) is 0 Å². The number of ether oxygens (including phenoxy) is 1. The highest BCUT2D eigenvalue weighted by molar-refractivity contribution is 5.88. The van der Waals surface area contributed by atoms with Gasteiger partial charge in [0.15, 0.2) is 6.61 Å². The van der Waals surface area contributed by atoms with Crippen LogP contribution < -0.4 is 10.1 Å². The van der Waals surface area contributed by atoms with Crippen LogP contribution in [-0.2, 0) is 21.5 Å². The van der Waals surface area contributed by atoms with E-state index in [1.807, 2.05) is 62.4 Å². The van der Waals surface area contributed by atoms with Gasteiger partial charge in [-0.2, -0.15) is 0 Å². The Kier molecular flexibility index (Phi) is 8.76. The normalized spacial score (nSPS) is 15.1. The molecule has 1 atom stereocenters. The molecule has 1 saturated carbocycles. The van der Waals surface area contributed by atoms with Gasteiger partial charge in [0.25, 0.3) is 5.91 Å². The Labute approximate surface area is 204 Å². The molecule has 0 aromatic heterocycles. The van der Waals surface area contributed by atoms with Gasteiger partial charge in [-0.25, -0.2) is 0 Å². The number of hydrogen-bond donors (Lipinski definition) is 1. The first-order valence-electron chi connectivity index (χ1n) is 12.6. The van der Waals surface area contributed by atoms with Crippen LogP contribution in [0.3, 0.4) is 0 Å². The van der Waals surface area contributed by atoms with Crippen LogP contribution in [0.15, 0.2) is 48.5 Å². The van der Waals surface area contributed by atoms with Crippen molar-refractivity contribution >= 4 is 11.8 Å². The molecule has 0 spiro atoms. The number of nitrogens with zero attached hydrogens (tertiary/aromatic N) is 1. The van der Waals surface area contributed by atoms with Gasteiger partial charge >= 0.3 is 0 Å². The first-order valence-corrected chi connectivity index (χ1v) is 12.6. The second-order valence-electron chi connectivity index (χ2n) is 10.5. The van der Waals surface area contributed by atoms with Crippen LogP contribution in [0.5, 0.6) is 5.75 Å². The first kappa shape index (κ1) is 25.8. The number of benzene rings is 2. The van der Waals surface area contributed by atoms with Crippen LogP contribution in [0.4, 0.5) is 0 Å². The van der Waals surface area contributed by atoms with Gasteiger partial charge in [0.05, 0.1) is 0 Å². The molecule has 1 unspecified atom stereocenters. The first-order chi connectivity index (χ1) is 16.2. The van der Waals surface area contributed by atoms with Gasteiger partial charge < -0.3 is 15.0 Å². The molecule has 0 heterocycles. The van der Waals surface area contributed by atoms with Gasteiger partial charge in [-0.05, 0) is 48.8 Å². The van der Waals surface area contributed by atoms with Gasteiger partial charge in [0.1, 0.15) is 11.8 Å². The van der Waals surface area contributed by atoms with Crippen LogP contribution in [-0.4, -0.2) is 35.4 Å². The molecular formula is C29H40N2O3. The van der Waals surface area contributed by atoms with Gasteiger partial charge in [-0.15, -0.1) is 0 Å². The third kappa shape index (κ3) is 6.85. The van der Waals surface area contributed by atoms with Crippen molar-refractivity contribution in [2.75, 3.05) is 6.61 Å². The molecule has 1 fully saturated rings. The number of rotatable bonds is 9. The number of hydrogen-bond acceptors (Lipinski definition) is 3. The number of carbonyl (C=O) groups is 2. The van der Waals surface area contributed by atoms with Gasteiger partial charge in [-0.1, -0.05) is 88.6 Å². The quantitative estimate of drug-likeness (QED) is 0.530. The van der Waals surface area contributed by atoms with Crippen molar-refractivity contribution in [1.82, 2.24) is 10.2 Å². The predicted octanol–water partition coefficient (Wildman–Crippen LogP) is 5.54. The summed E-state index contributed by atoms with van der Waals surface area (Å²) in [6.07, 6.45) is 4.87. The molecule has 5 heteroatoms. The maximum Gasteiger partial charge on any atom is 0.261 e. The van der Waals surface area contributed by atoms with Crippen molar-refractivity contribution in [2.24, 2.45) is 0 Å². The lowest BCUT2D eigenvalue weighted by atomic mass is 9.86. The minimum atomic E-state index is -0.532.